The van der Waals surface area contributed by atoms with E-state index < -0.39 is 10.1 Å². The average Bonchev–Trinajstić information content (AvgIpc) is 2.59. The van der Waals surface area contributed by atoms with Crippen molar-refractivity contribution in [2.45, 2.75) is 11.8 Å². The van der Waals surface area contributed by atoms with E-state index in [4.69, 9.17) is 27.4 Å². The number of nitrogens with zero attached hydrogens (tertiary/aromatic N) is 1. The van der Waals surface area contributed by atoms with Crippen molar-refractivity contribution >= 4 is 33.3 Å². The van der Waals surface area contributed by atoms with Crippen LogP contribution in [0.25, 0.3) is 11.3 Å². The minimum atomic E-state index is -4.09. The van der Waals surface area contributed by atoms with Crippen molar-refractivity contribution in [3.05, 3.63) is 74.5 Å². The number of halogens is 2. The topological polar surface area (TPSA) is 89.1 Å². The normalized spacial score (nSPS) is 11.3. The molecule has 0 saturated heterocycles. The molecule has 1 N–H and O–H groups in total. The number of nitrogens with one attached hydrogen (secondary N) is 1. The second-order valence-electron chi connectivity index (χ2n) is 5.43. The molecule has 0 saturated carbocycles. The lowest BCUT2D eigenvalue weighted by Gasteiger charge is -2.12. The van der Waals surface area contributed by atoms with E-state index in [2.05, 4.69) is 10.2 Å². The number of aromatic nitrogens is 2. The smallest absolute Gasteiger partial charge is 0.339 e. The van der Waals surface area contributed by atoms with Gasteiger partial charge in [-0.05, 0) is 37.3 Å². The summed E-state index contributed by atoms with van der Waals surface area (Å²) in [4.78, 5) is 11.1. The van der Waals surface area contributed by atoms with Crippen LogP contribution in [0, 0.1) is 6.92 Å². The maximum atomic E-state index is 12.4. The van der Waals surface area contributed by atoms with E-state index in [0.717, 1.165) is 5.56 Å². The zero-order chi connectivity index (χ0) is 18.9. The van der Waals surface area contributed by atoms with Gasteiger partial charge in [0.2, 0.25) is 0 Å². The molecular weight excluding hydrogens is 399 g/mol. The summed E-state index contributed by atoms with van der Waals surface area (Å²) in [6.07, 6.45) is 0. The van der Waals surface area contributed by atoms with Crippen LogP contribution in [0.1, 0.15) is 5.56 Å². The van der Waals surface area contributed by atoms with Crippen molar-refractivity contribution < 1.29 is 12.6 Å². The number of aryl methyl sites for hydroxylation is 1. The number of hydrogen-bond acceptors (Lipinski definition) is 5. The molecule has 0 amide bonds. The van der Waals surface area contributed by atoms with E-state index in [1.807, 2.05) is 6.92 Å². The van der Waals surface area contributed by atoms with Gasteiger partial charge in [-0.25, -0.2) is 5.10 Å². The monoisotopic (exact) mass is 410 g/mol. The molecule has 1 aromatic heterocycles. The Kier molecular flexibility index (Phi) is 5.04. The highest BCUT2D eigenvalue weighted by molar-refractivity contribution is 7.87. The lowest BCUT2D eigenvalue weighted by Crippen LogP contribution is -2.10. The number of aromatic amines is 1. The summed E-state index contributed by atoms with van der Waals surface area (Å²) in [6.45, 7) is 1.84. The number of benzene rings is 2. The fourth-order valence-electron chi connectivity index (χ4n) is 2.16. The summed E-state index contributed by atoms with van der Waals surface area (Å²) >= 11 is 12.3. The van der Waals surface area contributed by atoms with Crippen LogP contribution in [-0.4, -0.2) is 18.6 Å². The van der Waals surface area contributed by atoms with Gasteiger partial charge in [0.05, 0.1) is 15.7 Å². The first-order chi connectivity index (χ1) is 12.3. The van der Waals surface area contributed by atoms with E-state index in [0.29, 0.717) is 11.3 Å². The van der Waals surface area contributed by atoms with E-state index >= 15 is 0 Å². The Morgan fingerprint density at radius 2 is 1.62 bits per heavy atom. The summed E-state index contributed by atoms with van der Waals surface area (Å²) in [5, 5.41) is 6.17. The molecular formula is C17H12Cl2N2O4S. The number of H-pyrrole nitrogens is 1. The van der Waals surface area contributed by atoms with Gasteiger partial charge >= 0.3 is 10.1 Å². The molecule has 0 bridgehead atoms. The summed E-state index contributed by atoms with van der Waals surface area (Å²) < 4.78 is 30.0. The first kappa shape index (κ1) is 18.4. The lowest BCUT2D eigenvalue weighted by atomic mass is 10.1. The number of rotatable bonds is 4. The van der Waals surface area contributed by atoms with Crippen LogP contribution >= 0.6 is 23.2 Å². The molecule has 0 unspecified atom stereocenters. The molecule has 0 aliphatic heterocycles. The van der Waals surface area contributed by atoms with Crippen LogP contribution in [0.5, 0.6) is 5.75 Å². The molecule has 3 rings (SSSR count). The van der Waals surface area contributed by atoms with E-state index in [-0.39, 0.29) is 26.2 Å². The third-order valence-corrected chi connectivity index (χ3v) is 5.27. The summed E-state index contributed by atoms with van der Waals surface area (Å²) in [5.41, 5.74) is 1.48. The van der Waals surface area contributed by atoms with Crippen LogP contribution in [0.4, 0.5) is 0 Å². The molecule has 26 heavy (non-hydrogen) atoms. The first-order valence-electron chi connectivity index (χ1n) is 7.32. The lowest BCUT2D eigenvalue weighted by molar-refractivity contribution is 0.486. The summed E-state index contributed by atoms with van der Waals surface area (Å²) in [5.74, 6) is -0.179. The van der Waals surface area contributed by atoms with Gasteiger partial charge in [0.25, 0.3) is 5.56 Å². The fraction of sp³-hybridized carbons (Fsp3) is 0.0588. The molecule has 134 valence electrons. The maximum absolute atomic E-state index is 12.4. The SMILES string of the molecule is Cc1ccc(S(=O)(=O)Oc2c(Cl)cc(-c3ccc(=O)[nH]n3)cc2Cl)cc1. The molecule has 0 radical (unpaired) electrons. The largest absolute Gasteiger partial charge is 0.376 e. The molecule has 2 aromatic carbocycles. The van der Waals surface area contributed by atoms with Gasteiger partial charge in [0.1, 0.15) is 4.90 Å². The molecule has 0 aliphatic carbocycles. The van der Waals surface area contributed by atoms with Crippen LogP contribution in [-0.2, 0) is 10.1 Å². The van der Waals surface area contributed by atoms with Gasteiger partial charge in [-0.2, -0.15) is 13.5 Å². The Morgan fingerprint density at radius 1 is 1.00 bits per heavy atom. The standard InChI is InChI=1S/C17H12Cl2N2O4S/c1-10-2-4-12(5-3-10)26(23,24)25-17-13(18)8-11(9-14(17)19)15-6-7-16(22)21-20-15/h2-9H,1H3,(H,21,22). The molecule has 0 fully saturated rings. The van der Waals surface area contributed by atoms with Crippen LogP contribution in [0.15, 0.2) is 58.2 Å². The van der Waals surface area contributed by atoms with Crippen molar-refractivity contribution in [1.82, 2.24) is 10.2 Å². The Hall–Kier alpha value is -2.35. The van der Waals surface area contributed by atoms with E-state index in [1.54, 1.807) is 12.1 Å². The van der Waals surface area contributed by atoms with Gasteiger partial charge < -0.3 is 4.18 Å². The second-order valence-corrected chi connectivity index (χ2v) is 7.79. The minimum absolute atomic E-state index is 0.00353. The zero-order valence-electron chi connectivity index (χ0n) is 13.4. The van der Waals surface area contributed by atoms with Crippen molar-refractivity contribution in [2.24, 2.45) is 0 Å². The fourth-order valence-corrected chi connectivity index (χ4v) is 3.78. The Labute approximate surface area is 159 Å². The summed E-state index contributed by atoms with van der Waals surface area (Å²) in [6, 6.07) is 11.9. The third-order valence-electron chi connectivity index (χ3n) is 3.48. The Morgan fingerprint density at radius 3 is 2.15 bits per heavy atom. The molecule has 6 nitrogen and oxygen atoms in total. The maximum Gasteiger partial charge on any atom is 0.339 e. The Bertz CT molecular complexity index is 1080. The van der Waals surface area contributed by atoms with Crippen LogP contribution in [0.3, 0.4) is 0 Å². The molecule has 3 aromatic rings. The molecule has 1 heterocycles. The van der Waals surface area contributed by atoms with E-state index in [1.165, 1.54) is 36.4 Å². The van der Waals surface area contributed by atoms with Crippen LogP contribution in [0.2, 0.25) is 10.0 Å². The van der Waals surface area contributed by atoms with Crippen molar-refractivity contribution in [1.29, 1.82) is 0 Å². The average molecular weight is 411 g/mol. The molecule has 9 heteroatoms. The molecule has 0 atom stereocenters. The predicted molar refractivity (Wildman–Crippen MR) is 99.3 cm³/mol. The van der Waals surface area contributed by atoms with Gasteiger partial charge in [-0.15, -0.1) is 0 Å². The number of hydrogen-bond donors (Lipinski definition) is 1. The third kappa shape index (κ3) is 3.90. The van der Waals surface area contributed by atoms with Crippen molar-refractivity contribution in [2.75, 3.05) is 0 Å². The zero-order valence-corrected chi connectivity index (χ0v) is 15.7. The molecule has 0 aliphatic rings. The summed E-state index contributed by atoms with van der Waals surface area (Å²) in [7, 11) is -4.09. The van der Waals surface area contributed by atoms with Gasteiger partial charge in [-0.1, -0.05) is 40.9 Å². The van der Waals surface area contributed by atoms with Crippen molar-refractivity contribution in [3.8, 4) is 17.0 Å². The van der Waals surface area contributed by atoms with E-state index in [9.17, 15) is 13.2 Å². The highest BCUT2D eigenvalue weighted by atomic mass is 35.5. The Balaban J connectivity index is 1.97. The minimum Gasteiger partial charge on any atom is -0.376 e. The molecule has 0 spiro atoms. The highest BCUT2D eigenvalue weighted by Crippen LogP contribution is 2.38. The van der Waals surface area contributed by atoms with Crippen molar-refractivity contribution in [3.63, 3.8) is 0 Å². The predicted octanol–water partition coefficient (Wildman–Crippen LogP) is 3.82. The van der Waals surface area contributed by atoms with Gasteiger partial charge in [0.15, 0.2) is 5.75 Å². The second kappa shape index (κ2) is 7.11. The van der Waals surface area contributed by atoms with Gasteiger partial charge in [-0.3, -0.25) is 4.79 Å². The quantitative estimate of drug-likeness (QED) is 0.660. The van der Waals surface area contributed by atoms with Crippen LogP contribution < -0.4 is 9.74 Å². The van der Waals surface area contributed by atoms with Gasteiger partial charge in [0, 0.05) is 11.6 Å². The first-order valence-corrected chi connectivity index (χ1v) is 9.49. The highest BCUT2D eigenvalue weighted by Gasteiger charge is 2.21.